The van der Waals surface area contributed by atoms with Gasteiger partial charge in [-0.3, -0.25) is 4.79 Å². The van der Waals surface area contributed by atoms with Crippen LogP contribution in [0.25, 0.3) is 17.1 Å². The van der Waals surface area contributed by atoms with Crippen molar-refractivity contribution >= 4 is 11.6 Å². The van der Waals surface area contributed by atoms with Crippen molar-refractivity contribution in [3.8, 4) is 22.8 Å². The number of carbonyl (C=O) groups is 1. The van der Waals surface area contributed by atoms with Crippen molar-refractivity contribution in [2.24, 2.45) is 0 Å². The molecule has 1 aliphatic heterocycles. The SMILES string of the molecule is C.Cc1cc(F)c(C(=O)Nc2cccc3c2O[C@H](C)Cn2nnnc2-3)cc1-n1cnc(C2CC2)c1. The molecule has 180 valence electrons. The summed E-state index contributed by atoms with van der Waals surface area (Å²) >= 11 is 0. The number of carbonyl (C=O) groups excluding carboxylic acids is 1. The van der Waals surface area contributed by atoms with Gasteiger partial charge in [-0.1, -0.05) is 13.5 Å². The minimum Gasteiger partial charge on any atom is -0.486 e. The number of rotatable bonds is 4. The number of halogens is 1. The fraction of sp³-hybridized carbons (Fsp3) is 0.320. The van der Waals surface area contributed by atoms with Crippen LogP contribution < -0.4 is 10.1 Å². The number of para-hydroxylation sites is 1. The Morgan fingerprint density at radius 3 is 2.89 bits per heavy atom. The van der Waals surface area contributed by atoms with E-state index in [0.29, 0.717) is 46.5 Å². The number of ether oxygens (including phenoxy) is 1. The smallest absolute Gasteiger partial charge is 0.258 e. The van der Waals surface area contributed by atoms with Gasteiger partial charge in [0, 0.05) is 12.1 Å². The summed E-state index contributed by atoms with van der Waals surface area (Å²) in [5.74, 6) is 0.331. The fourth-order valence-corrected chi connectivity index (χ4v) is 4.30. The van der Waals surface area contributed by atoms with Gasteiger partial charge in [0.25, 0.3) is 5.91 Å². The number of hydrogen-bond acceptors (Lipinski definition) is 6. The summed E-state index contributed by atoms with van der Waals surface area (Å²) in [7, 11) is 0. The van der Waals surface area contributed by atoms with Crippen molar-refractivity contribution in [2.45, 2.75) is 52.7 Å². The van der Waals surface area contributed by atoms with Gasteiger partial charge in [0.1, 0.15) is 11.9 Å². The monoisotopic (exact) mass is 475 g/mol. The Balaban J connectivity index is 0.00000253. The third kappa shape index (κ3) is 4.05. The van der Waals surface area contributed by atoms with Crippen LogP contribution >= 0.6 is 0 Å². The number of aryl methyl sites for hydroxylation is 1. The van der Waals surface area contributed by atoms with E-state index in [1.807, 2.05) is 30.7 Å². The molecule has 9 nitrogen and oxygen atoms in total. The largest absolute Gasteiger partial charge is 0.486 e. The molecule has 1 aliphatic carbocycles. The summed E-state index contributed by atoms with van der Waals surface area (Å²) < 4.78 is 24.5. The maximum Gasteiger partial charge on any atom is 0.258 e. The molecule has 1 saturated carbocycles. The molecule has 0 spiro atoms. The molecule has 0 saturated heterocycles. The molecule has 0 unspecified atom stereocenters. The molecule has 2 aromatic carbocycles. The Labute approximate surface area is 201 Å². The Morgan fingerprint density at radius 1 is 1.26 bits per heavy atom. The Bertz CT molecular complexity index is 1420. The normalized spacial score (nSPS) is 16.4. The summed E-state index contributed by atoms with van der Waals surface area (Å²) in [6, 6.07) is 8.25. The maximum absolute atomic E-state index is 14.9. The highest BCUT2D eigenvalue weighted by Gasteiger charge is 2.27. The minimum atomic E-state index is -0.596. The number of amides is 1. The molecule has 2 aromatic heterocycles. The first-order chi connectivity index (χ1) is 16.5. The second-order valence-corrected chi connectivity index (χ2v) is 8.85. The van der Waals surface area contributed by atoms with Gasteiger partial charge >= 0.3 is 0 Å². The van der Waals surface area contributed by atoms with Crippen LogP contribution in [0.15, 0.2) is 42.9 Å². The number of fused-ring (bicyclic) bond motifs is 3. The Kier molecular flexibility index (Phi) is 5.58. The zero-order valence-electron chi connectivity index (χ0n) is 18.7. The lowest BCUT2D eigenvalue weighted by Crippen LogP contribution is -2.20. The van der Waals surface area contributed by atoms with E-state index in [2.05, 4.69) is 25.8 Å². The molecule has 6 rings (SSSR count). The van der Waals surface area contributed by atoms with Crippen molar-refractivity contribution in [2.75, 3.05) is 5.32 Å². The number of tetrazole rings is 1. The molecule has 1 fully saturated rings. The molecule has 1 atom stereocenters. The van der Waals surface area contributed by atoms with Crippen LogP contribution in [0.1, 0.15) is 54.7 Å². The van der Waals surface area contributed by atoms with Gasteiger partial charge in [-0.15, -0.1) is 5.10 Å². The zero-order valence-corrected chi connectivity index (χ0v) is 18.7. The standard InChI is InChI=1S/C24H22FN7O2.CH4/c1-13-8-18(25)17(9-21(13)31-11-20(26-12-31)15-6-7-15)24(33)27-19-5-3-4-16-22(19)34-14(2)10-32-23(16)28-29-30-32;/h3-5,8-9,11-12,14-15H,6-7,10H2,1-2H3,(H,27,33);1H4/t14-;/m1./s1. The topological polar surface area (TPSA) is 99.7 Å². The van der Waals surface area contributed by atoms with Crippen LogP contribution in [-0.2, 0) is 6.54 Å². The molecule has 0 bridgehead atoms. The third-order valence-corrected chi connectivity index (χ3v) is 6.19. The van der Waals surface area contributed by atoms with Crippen LogP contribution in [0.5, 0.6) is 5.75 Å². The molecule has 0 radical (unpaired) electrons. The molecule has 1 amide bonds. The average Bonchev–Trinajstić information content (AvgIpc) is 3.40. The second kappa shape index (κ2) is 8.61. The molecule has 2 aliphatic rings. The van der Waals surface area contributed by atoms with Crippen molar-refractivity contribution in [1.29, 1.82) is 0 Å². The van der Waals surface area contributed by atoms with Crippen LogP contribution in [-0.4, -0.2) is 41.8 Å². The van der Waals surface area contributed by atoms with Crippen LogP contribution in [0, 0.1) is 12.7 Å². The number of aromatic nitrogens is 6. The Hall–Kier alpha value is -4.08. The highest BCUT2D eigenvalue weighted by atomic mass is 19.1. The predicted octanol–water partition coefficient (Wildman–Crippen LogP) is 4.52. The van der Waals surface area contributed by atoms with Gasteiger partial charge in [-0.25, -0.2) is 14.1 Å². The van der Waals surface area contributed by atoms with E-state index < -0.39 is 11.7 Å². The highest BCUT2D eigenvalue weighted by Crippen LogP contribution is 2.40. The van der Waals surface area contributed by atoms with E-state index in [0.717, 1.165) is 18.5 Å². The van der Waals surface area contributed by atoms with Gasteiger partial charge in [0.05, 0.1) is 41.1 Å². The minimum absolute atomic E-state index is 0. The first-order valence-corrected chi connectivity index (χ1v) is 11.2. The summed E-state index contributed by atoms with van der Waals surface area (Å²) in [4.78, 5) is 17.7. The van der Waals surface area contributed by atoms with Crippen molar-refractivity contribution in [3.63, 3.8) is 0 Å². The number of nitrogens with zero attached hydrogens (tertiary/aromatic N) is 6. The van der Waals surface area contributed by atoms with Gasteiger partial charge in [0.2, 0.25) is 0 Å². The predicted molar refractivity (Wildman–Crippen MR) is 128 cm³/mol. The van der Waals surface area contributed by atoms with Crippen LogP contribution in [0.2, 0.25) is 0 Å². The summed E-state index contributed by atoms with van der Waals surface area (Å²) in [6.07, 6.45) is 5.72. The Morgan fingerprint density at radius 2 is 2.09 bits per heavy atom. The quantitative estimate of drug-likeness (QED) is 0.466. The van der Waals surface area contributed by atoms with Crippen molar-refractivity contribution in [1.82, 2.24) is 29.8 Å². The maximum atomic E-state index is 14.9. The van der Waals surface area contributed by atoms with E-state index in [1.54, 1.807) is 29.2 Å². The molecule has 1 N–H and O–H groups in total. The number of anilines is 1. The molecular formula is C25H26FN7O2. The third-order valence-electron chi connectivity index (χ3n) is 6.19. The summed E-state index contributed by atoms with van der Waals surface area (Å²) in [5, 5.41) is 14.7. The van der Waals surface area contributed by atoms with Gasteiger partial charge in [-0.05, 0) is 66.9 Å². The molecular weight excluding hydrogens is 449 g/mol. The molecule has 4 aromatic rings. The van der Waals surface area contributed by atoms with Gasteiger partial charge in [-0.2, -0.15) is 0 Å². The van der Waals surface area contributed by atoms with Gasteiger partial charge < -0.3 is 14.6 Å². The second-order valence-electron chi connectivity index (χ2n) is 8.85. The first kappa shape index (κ1) is 22.7. The summed E-state index contributed by atoms with van der Waals surface area (Å²) in [6.45, 7) is 4.17. The van der Waals surface area contributed by atoms with E-state index in [9.17, 15) is 9.18 Å². The van der Waals surface area contributed by atoms with E-state index in [4.69, 9.17) is 4.74 Å². The fourth-order valence-electron chi connectivity index (χ4n) is 4.30. The van der Waals surface area contributed by atoms with E-state index >= 15 is 0 Å². The highest BCUT2D eigenvalue weighted by molar-refractivity contribution is 6.06. The lowest BCUT2D eigenvalue weighted by atomic mass is 10.1. The first-order valence-electron chi connectivity index (χ1n) is 11.2. The molecule has 35 heavy (non-hydrogen) atoms. The zero-order chi connectivity index (χ0) is 23.4. The van der Waals surface area contributed by atoms with Crippen LogP contribution in [0.3, 0.4) is 0 Å². The lowest BCUT2D eigenvalue weighted by Gasteiger charge is -2.17. The number of nitrogens with one attached hydrogen (secondary N) is 1. The van der Waals surface area contributed by atoms with E-state index in [-0.39, 0.29) is 19.1 Å². The molecule has 10 heteroatoms. The molecule has 3 heterocycles. The number of benzene rings is 2. The van der Waals surface area contributed by atoms with E-state index in [1.165, 1.54) is 6.07 Å². The lowest BCUT2D eigenvalue weighted by molar-refractivity contribution is 0.102. The number of imidazole rings is 1. The summed E-state index contributed by atoms with van der Waals surface area (Å²) in [5.41, 5.74) is 3.46. The van der Waals surface area contributed by atoms with Gasteiger partial charge in [0.15, 0.2) is 11.6 Å². The van der Waals surface area contributed by atoms with Crippen molar-refractivity contribution in [3.05, 3.63) is 65.5 Å². The number of hydrogen-bond donors (Lipinski definition) is 1. The average molecular weight is 476 g/mol. The van der Waals surface area contributed by atoms with Crippen LogP contribution in [0.4, 0.5) is 10.1 Å². The van der Waals surface area contributed by atoms with Crippen molar-refractivity contribution < 1.29 is 13.9 Å².